The fraction of sp³-hybridized carbons (Fsp3) is 0.0952. The van der Waals surface area contributed by atoms with E-state index in [-0.39, 0.29) is 12.4 Å². The molecule has 0 atom stereocenters. The molecular weight excluding hydrogens is 383 g/mol. The molecule has 1 heterocycles. The van der Waals surface area contributed by atoms with Crippen molar-refractivity contribution in [2.75, 3.05) is 19.5 Å². The Hall–Kier alpha value is -2.69. The van der Waals surface area contributed by atoms with Crippen LogP contribution in [0.4, 0.5) is 11.4 Å². The highest BCUT2D eigenvalue weighted by molar-refractivity contribution is 6.31. The molecule has 3 aromatic carbocycles. The summed E-state index contributed by atoms with van der Waals surface area (Å²) in [5, 5.41) is 6.15. The maximum absolute atomic E-state index is 6.17. The largest absolute Gasteiger partial charge is 0.497 e. The summed E-state index contributed by atoms with van der Waals surface area (Å²) in [4.78, 5) is 4.74. The molecule has 1 N–H and O–H groups in total. The van der Waals surface area contributed by atoms with Crippen LogP contribution in [-0.2, 0) is 0 Å². The van der Waals surface area contributed by atoms with Gasteiger partial charge in [0.15, 0.2) is 0 Å². The van der Waals surface area contributed by atoms with Crippen molar-refractivity contribution < 1.29 is 9.47 Å². The smallest absolute Gasteiger partial charge is 0.119 e. The predicted octanol–water partition coefficient (Wildman–Crippen LogP) is 6.22. The van der Waals surface area contributed by atoms with E-state index in [1.54, 1.807) is 14.2 Å². The van der Waals surface area contributed by atoms with Crippen molar-refractivity contribution in [1.29, 1.82) is 0 Å². The molecule has 4 aromatic rings. The summed E-state index contributed by atoms with van der Waals surface area (Å²) >= 11 is 6.17. The lowest BCUT2D eigenvalue weighted by Gasteiger charge is -2.14. The number of nitrogens with one attached hydrogen (secondary N) is 1. The van der Waals surface area contributed by atoms with E-state index in [1.165, 1.54) is 0 Å². The van der Waals surface area contributed by atoms with E-state index >= 15 is 0 Å². The zero-order valence-corrected chi connectivity index (χ0v) is 16.4. The fourth-order valence-electron chi connectivity index (χ4n) is 2.98. The molecule has 0 unspecified atom stereocenters. The number of pyridine rings is 1. The van der Waals surface area contributed by atoms with E-state index < -0.39 is 0 Å². The van der Waals surface area contributed by atoms with E-state index in [9.17, 15) is 0 Å². The first kappa shape index (κ1) is 19.1. The van der Waals surface area contributed by atoms with Gasteiger partial charge in [-0.3, -0.25) is 0 Å². The van der Waals surface area contributed by atoms with Gasteiger partial charge in [-0.1, -0.05) is 11.6 Å². The van der Waals surface area contributed by atoms with Crippen molar-refractivity contribution in [1.82, 2.24) is 4.98 Å². The van der Waals surface area contributed by atoms with Crippen LogP contribution in [0.5, 0.6) is 11.5 Å². The first-order chi connectivity index (χ1) is 12.7. The summed E-state index contributed by atoms with van der Waals surface area (Å²) in [5.41, 5.74) is 3.63. The van der Waals surface area contributed by atoms with Crippen LogP contribution in [0.25, 0.3) is 21.8 Å². The van der Waals surface area contributed by atoms with Gasteiger partial charge in [-0.2, -0.15) is 0 Å². The van der Waals surface area contributed by atoms with Crippen LogP contribution in [0.15, 0.2) is 60.7 Å². The van der Waals surface area contributed by atoms with Gasteiger partial charge in [0.25, 0.3) is 0 Å². The number of nitrogens with zero attached hydrogens (tertiary/aromatic N) is 1. The first-order valence-corrected chi connectivity index (χ1v) is 8.54. The Morgan fingerprint density at radius 2 is 1.48 bits per heavy atom. The fourth-order valence-corrected chi connectivity index (χ4v) is 3.14. The topological polar surface area (TPSA) is 43.4 Å². The second kappa shape index (κ2) is 7.91. The molecular formula is C21H18Cl2N2O2. The van der Waals surface area contributed by atoms with Gasteiger partial charge in [-0.25, -0.2) is 4.98 Å². The number of benzene rings is 3. The van der Waals surface area contributed by atoms with Crippen LogP contribution in [0.3, 0.4) is 0 Å². The number of halogens is 2. The maximum atomic E-state index is 6.17. The molecule has 0 saturated heterocycles. The monoisotopic (exact) mass is 400 g/mol. The molecule has 1 aromatic heterocycles. The minimum absolute atomic E-state index is 0. The van der Waals surface area contributed by atoms with Gasteiger partial charge in [-0.15, -0.1) is 12.4 Å². The Morgan fingerprint density at radius 1 is 0.778 bits per heavy atom. The maximum Gasteiger partial charge on any atom is 0.119 e. The lowest BCUT2D eigenvalue weighted by Crippen LogP contribution is -1.96. The average Bonchev–Trinajstić information content (AvgIpc) is 2.67. The molecule has 138 valence electrons. The normalized spacial score (nSPS) is 10.5. The number of methoxy groups -OCH3 is 2. The molecule has 27 heavy (non-hydrogen) atoms. The van der Waals surface area contributed by atoms with Gasteiger partial charge in [-0.05, 0) is 60.7 Å². The molecule has 0 amide bonds. The molecule has 0 bridgehead atoms. The minimum atomic E-state index is 0. The zero-order chi connectivity index (χ0) is 18.1. The van der Waals surface area contributed by atoms with Crippen molar-refractivity contribution in [3.8, 4) is 11.5 Å². The molecule has 0 saturated carbocycles. The summed E-state index contributed by atoms with van der Waals surface area (Å²) in [6.45, 7) is 0. The summed E-state index contributed by atoms with van der Waals surface area (Å²) < 4.78 is 10.6. The highest BCUT2D eigenvalue weighted by Crippen LogP contribution is 2.36. The second-order valence-corrected chi connectivity index (χ2v) is 6.32. The van der Waals surface area contributed by atoms with Crippen LogP contribution in [-0.4, -0.2) is 19.2 Å². The van der Waals surface area contributed by atoms with Gasteiger partial charge >= 0.3 is 0 Å². The quantitative estimate of drug-likeness (QED) is 0.412. The number of hydrogen-bond donors (Lipinski definition) is 1. The van der Waals surface area contributed by atoms with Gasteiger partial charge in [0.1, 0.15) is 11.5 Å². The first-order valence-electron chi connectivity index (χ1n) is 8.16. The minimum Gasteiger partial charge on any atom is -0.497 e. The van der Waals surface area contributed by atoms with E-state index in [1.807, 2.05) is 60.7 Å². The molecule has 4 nitrogen and oxygen atoms in total. The third-order valence-electron chi connectivity index (χ3n) is 4.30. The summed E-state index contributed by atoms with van der Waals surface area (Å²) in [6, 6.07) is 19.4. The SMILES string of the molecule is COc1ccc(Nc2c3ccc(Cl)cc3nc3ccc(OC)cc23)cc1.Cl. The number of ether oxygens (including phenoxy) is 2. The standard InChI is InChI=1S/C21H17ClN2O2.ClH/c1-25-15-6-4-14(5-7-15)23-21-17-9-3-13(22)11-20(17)24-19-10-8-16(26-2)12-18(19)21;/h3-12H,1-2H3,(H,23,24);1H. The Bertz CT molecular complexity index is 1100. The van der Waals surface area contributed by atoms with Crippen molar-refractivity contribution in [3.63, 3.8) is 0 Å². The lowest BCUT2D eigenvalue weighted by molar-refractivity contribution is 0.415. The number of hydrogen-bond acceptors (Lipinski definition) is 4. The van der Waals surface area contributed by atoms with Crippen LogP contribution in [0, 0.1) is 0 Å². The van der Waals surface area contributed by atoms with E-state index in [0.717, 1.165) is 44.7 Å². The van der Waals surface area contributed by atoms with E-state index in [2.05, 4.69) is 5.32 Å². The third kappa shape index (κ3) is 3.72. The van der Waals surface area contributed by atoms with Crippen molar-refractivity contribution in [3.05, 3.63) is 65.7 Å². The molecule has 0 aliphatic rings. The summed E-state index contributed by atoms with van der Waals surface area (Å²) in [5.74, 6) is 1.60. The van der Waals surface area contributed by atoms with Crippen LogP contribution >= 0.6 is 24.0 Å². The highest BCUT2D eigenvalue weighted by Gasteiger charge is 2.11. The van der Waals surface area contributed by atoms with E-state index in [4.69, 9.17) is 26.1 Å². The molecule has 0 aliphatic heterocycles. The number of aromatic nitrogens is 1. The van der Waals surface area contributed by atoms with Crippen molar-refractivity contribution in [2.45, 2.75) is 0 Å². The number of fused-ring (bicyclic) bond motifs is 2. The summed E-state index contributed by atoms with van der Waals surface area (Å²) in [7, 11) is 3.31. The summed E-state index contributed by atoms with van der Waals surface area (Å²) in [6.07, 6.45) is 0. The molecule has 0 radical (unpaired) electrons. The Kier molecular flexibility index (Phi) is 5.59. The molecule has 6 heteroatoms. The van der Waals surface area contributed by atoms with Crippen molar-refractivity contribution >= 4 is 57.2 Å². The lowest BCUT2D eigenvalue weighted by atomic mass is 10.1. The molecule has 0 aliphatic carbocycles. The zero-order valence-electron chi connectivity index (χ0n) is 14.8. The van der Waals surface area contributed by atoms with Crippen molar-refractivity contribution in [2.24, 2.45) is 0 Å². The second-order valence-electron chi connectivity index (χ2n) is 5.88. The van der Waals surface area contributed by atoms with Gasteiger partial charge in [0.2, 0.25) is 0 Å². The number of anilines is 2. The Balaban J connectivity index is 0.00000210. The van der Waals surface area contributed by atoms with Gasteiger partial charge in [0.05, 0.1) is 30.9 Å². The Morgan fingerprint density at radius 3 is 2.19 bits per heavy atom. The van der Waals surface area contributed by atoms with Gasteiger partial charge < -0.3 is 14.8 Å². The molecule has 4 rings (SSSR count). The van der Waals surface area contributed by atoms with Gasteiger partial charge in [0, 0.05) is 21.5 Å². The molecule has 0 spiro atoms. The molecule has 0 fully saturated rings. The van der Waals surface area contributed by atoms with E-state index in [0.29, 0.717) is 5.02 Å². The van der Waals surface area contributed by atoms with Crippen LogP contribution < -0.4 is 14.8 Å². The van der Waals surface area contributed by atoms with Crippen LogP contribution in [0.2, 0.25) is 5.02 Å². The number of rotatable bonds is 4. The van der Waals surface area contributed by atoms with Crippen LogP contribution in [0.1, 0.15) is 0 Å². The Labute approximate surface area is 168 Å². The average molecular weight is 401 g/mol. The predicted molar refractivity (Wildman–Crippen MR) is 114 cm³/mol. The highest BCUT2D eigenvalue weighted by atomic mass is 35.5. The third-order valence-corrected chi connectivity index (χ3v) is 4.54.